The van der Waals surface area contributed by atoms with Crippen molar-refractivity contribution in [2.24, 2.45) is 0 Å². The Morgan fingerprint density at radius 3 is 2.27 bits per heavy atom. The van der Waals surface area contributed by atoms with Crippen LogP contribution in [0.1, 0.15) is 10.5 Å². The predicted molar refractivity (Wildman–Crippen MR) is 100 cm³/mol. The zero-order valence-corrected chi connectivity index (χ0v) is 14.4. The van der Waals surface area contributed by atoms with Gasteiger partial charge in [0.05, 0.1) is 0 Å². The van der Waals surface area contributed by atoms with E-state index in [0.717, 1.165) is 5.69 Å². The lowest BCUT2D eigenvalue weighted by Gasteiger charge is -2.13. The number of hydrogen-bond acceptors (Lipinski definition) is 5. The third-order valence-electron chi connectivity index (χ3n) is 3.66. The Hall–Kier alpha value is -3.48. The Morgan fingerprint density at radius 1 is 0.962 bits per heavy atom. The highest BCUT2D eigenvalue weighted by Crippen LogP contribution is 2.18. The first-order chi connectivity index (χ1) is 12.5. The van der Waals surface area contributed by atoms with E-state index in [0.29, 0.717) is 17.2 Å². The molecule has 7 heteroatoms. The van der Waals surface area contributed by atoms with E-state index < -0.39 is 0 Å². The van der Waals surface area contributed by atoms with E-state index in [4.69, 9.17) is 0 Å². The van der Waals surface area contributed by atoms with Crippen LogP contribution in [0.5, 0.6) is 0 Å². The molecule has 0 aliphatic heterocycles. The Labute approximate surface area is 150 Å². The molecule has 0 atom stereocenters. The number of amides is 1. The Morgan fingerprint density at radius 2 is 1.62 bits per heavy atom. The first kappa shape index (κ1) is 17.3. The van der Waals surface area contributed by atoms with Gasteiger partial charge in [0.2, 0.25) is 0 Å². The van der Waals surface area contributed by atoms with Crippen LogP contribution in [0.25, 0.3) is 0 Å². The fourth-order valence-electron chi connectivity index (χ4n) is 2.27. The number of rotatable bonds is 5. The Kier molecular flexibility index (Phi) is 5.07. The van der Waals surface area contributed by atoms with Crippen molar-refractivity contribution < 1.29 is 9.18 Å². The number of anilines is 4. The quantitative estimate of drug-likeness (QED) is 0.734. The second-order valence-electron chi connectivity index (χ2n) is 5.82. The molecule has 0 aliphatic rings. The maximum Gasteiger partial charge on any atom is 0.274 e. The van der Waals surface area contributed by atoms with Gasteiger partial charge in [0.25, 0.3) is 5.91 Å². The van der Waals surface area contributed by atoms with Crippen LogP contribution in [0, 0.1) is 5.82 Å². The van der Waals surface area contributed by atoms with Crippen molar-refractivity contribution in [3.8, 4) is 0 Å². The summed E-state index contributed by atoms with van der Waals surface area (Å²) < 4.78 is 13.0. The standard InChI is InChI=1S/C19H18FN5O/c1-25(2)16-9-7-15(8-10-16)24-19(26)17-11-18(22-12-21-17)23-14-5-3-13(20)4-6-14/h3-12H,1-2H3,(H,24,26)(H,21,22,23). The number of benzene rings is 2. The van der Waals surface area contributed by atoms with E-state index in [2.05, 4.69) is 20.6 Å². The lowest BCUT2D eigenvalue weighted by atomic mass is 10.2. The van der Waals surface area contributed by atoms with Crippen LogP contribution in [0.15, 0.2) is 60.9 Å². The molecule has 0 aliphatic carbocycles. The van der Waals surface area contributed by atoms with Gasteiger partial charge in [0.1, 0.15) is 23.7 Å². The van der Waals surface area contributed by atoms with E-state index >= 15 is 0 Å². The van der Waals surface area contributed by atoms with Crippen LogP contribution >= 0.6 is 0 Å². The summed E-state index contributed by atoms with van der Waals surface area (Å²) in [6.45, 7) is 0. The van der Waals surface area contributed by atoms with Gasteiger partial charge >= 0.3 is 0 Å². The summed E-state index contributed by atoms with van der Waals surface area (Å²) >= 11 is 0. The summed E-state index contributed by atoms with van der Waals surface area (Å²) in [5, 5.41) is 5.80. The van der Waals surface area contributed by atoms with Gasteiger partial charge in [-0.3, -0.25) is 4.79 Å². The molecule has 3 aromatic rings. The fraction of sp³-hybridized carbons (Fsp3) is 0.105. The van der Waals surface area contributed by atoms with Crippen molar-refractivity contribution in [2.45, 2.75) is 0 Å². The molecule has 132 valence electrons. The van der Waals surface area contributed by atoms with Crippen LogP contribution in [-0.2, 0) is 0 Å². The van der Waals surface area contributed by atoms with Gasteiger partial charge < -0.3 is 15.5 Å². The van der Waals surface area contributed by atoms with Gasteiger partial charge in [-0.2, -0.15) is 0 Å². The van der Waals surface area contributed by atoms with Crippen molar-refractivity contribution in [3.63, 3.8) is 0 Å². The molecule has 0 saturated heterocycles. The van der Waals surface area contributed by atoms with Gasteiger partial charge in [0.15, 0.2) is 0 Å². The lowest BCUT2D eigenvalue weighted by Crippen LogP contribution is -2.14. The maximum absolute atomic E-state index is 13.0. The molecule has 26 heavy (non-hydrogen) atoms. The molecule has 2 aromatic carbocycles. The van der Waals surface area contributed by atoms with Gasteiger partial charge in [0, 0.05) is 37.2 Å². The highest BCUT2D eigenvalue weighted by Gasteiger charge is 2.10. The number of halogens is 1. The van der Waals surface area contributed by atoms with Crippen LogP contribution in [0.3, 0.4) is 0 Å². The van der Waals surface area contributed by atoms with Crippen LogP contribution in [0.4, 0.5) is 27.3 Å². The molecule has 0 fully saturated rings. The summed E-state index contributed by atoms with van der Waals surface area (Å²) in [6, 6.07) is 14.9. The predicted octanol–water partition coefficient (Wildman–Crippen LogP) is 3.68. The number of carbonyl (C=O) groups is 1. The normalized spacial score (nSPS) is 10.3. The first-order valence-electron chi connectivity index (χ1n) is 7.94. The molecule has 1 heterocycles. The molecule has 0 unspecified atom stereocenters. The molecule has 6 nitrogen and oxygen atoms in total. The largest absolute Gasteiger partial charge is 0.378 e. The van der Waals surface area contributed by atoms with Crippen molar-refractivity contribution in [1.82, 2.24) is 9.97 Å². The monoisotopic (exact) mass is 351 g/mol. The average Bonchev–Trinajstić information content (AvgIpc) is 2.64. The number of carbonyl (C=O) groups excluding carboxylic acids is 1. The Balaban J connectivity index is 1.70. The van der Waals surface area contributed by atoms with Crippen LogP contribution in [-0.4, -0.2) is 30.0 Å². The molecule has 0 spiro atoms. The highest BCUT2D eigenvalue weighted by atomic mass is 19.1. The fourth-order valence-corrected chi connectivity index (χ4v) is 2.27. The third-order valence-corrected chi connectivity index (χ3v) is 3.66. The summed E-state index contributed by atoms with van der Waals surface area (Å²) in [5.41, 5.74) is 2.60. The summed E-state index contributed by atoms with van der Waals surface area (Å²) in [4.78, 5) is 22.5. The van der Waals surface area contributed by atoms with E-state index in [1.165, 1.54) is 24.5 Å². The van der Waals surface area contributed by atoms with Gasteiger partial charge in [-0.1, -0.05) is 0 Å². The molecule has 1 aromatic heterocycles. The van der Waals surface area contributed by atoms with Gasteiger partial charge in [-0.05, 0) is 48.5 Å². The van der Waals surface area contributed by atoms with Gasteiger partial charge in [-0.25, -0.2) is 14.4 Å². The minimum atomic E-state index is -0.341. The third kappa shape index (κ3) is 4.32. The van der Waals surface area contributed by atoms with Crippen molar-refractivity contribution in [3.05, 3.63) is 72.4 Å². The van der Waals surface area contributed by atoms with Gasteiger partial charge in [-0.15, -0.1) is 0 Å². The second-order valence-corrected chi connectivity index (χ2v) is 5.82. The number of nitrogens with zero attached hydrogens (tertiary/aromatic N) is 3. The maximum atomic E-state index is 13.0. The molecule has 0 bridgehead atoms. The van der Waals surface area contributed by atoms with Crippen molar-refractivity contribution in [2.75, 3.05) is 29.6 Å². The van der Waals surface area contributed by atoms with E-state index in [1.807, 2.05) is 43.3 Å². The molecule has 2 N–H and O–H groups in total. The van der Waals surface area contributed by atoms with Crippen molar-refractivity contribution >= 4 is 28.8 Å². The minimum absolute atomic E-state index is 0.223. The molecule has 0 radical (unpaired) electrons. The molecule has 3 rings (SSSR count). The van der Waals surface area contributed by atoms with E-state index in [-0.39, 0.29) is 17.4 Å². The highest BCUT2D eigenvalue weighted by molar-refractivity contribution is 6.03. The summed E-state index contributed by atoms with van der Waals surface area (Å²) in [5.74, 6) is -0.217. The van der Waals surface area contributed by atoms with Crippen LogP contribution < -0.4 is 15.5 Å². The summed E-state index contributed by atoms with van der Waals surface area (Å²) in [6.07, 6.45) is 1.30. The lowest BCUT2D eigenvalue weighted by molar-refractivity contribution is 0.102. The summed E-state index contributed by atoms with van der Waals surface area (Å²) in [7, 11) is 3.90. The molecular formula is C19H18FN5O. The van der Waals surface area contributed by atoms with E-state index in [9.17, 15) is 9.18 Å². The smallest absolute Gasteiger partial charge is 0.274 e. The molecular weight excluding hydrogens is 333 g/mol. The second kappa shape index (κ2) is 7.60. The molecule has 1 amide bonds. The first-order valence-corrected chi connectivity index (χ1v) is 7.94. The van der Waals surface area contributed by atoms with Crippen molar-refractivity contribution in [1.29, 1.82) is 0 Å². The van der Waals surface area contributed by atoms with E-state index in [1.54, 1.807) is 12.1 Å². The molecule has 0 saturated carbocycles. The van der Waals surface area contributed by atoms with Crippen LogP contribution in [0.2, 0.25) is 0 Å². The average molecular weight is 351 g/mol. The minimum Gasteiger partial charge on any atom is -0.378 e. The SMILES string of the molecule is CN(C)c1ccc(NC(=O)c2cc(Nc3ccc(F)cc3)ncn2)cc1. The zero-order valence-electron chi connectivity index (χ0n) is 14.4. The number of hydrogen-bond donors (Lipinski definition) is 2. The topological polar surface area (TPSA) is 70.2 Å². The zero-order chi connectivity index (χ0) is 18.5. The number of nitrogens with one attached hydrogen (secondary N) is 2. The Bertz CT molecular complexity index is 895. The number of aromatic nitrogens is 2.